The van der Waals surface area contributed by atoms with Crippen LogP contribution >= 0.6 is 0 Å². The average Bonchev–Trinajstić information content (AvgIpc) is 3.18. The van der Waals surface area contributed by atoms with Crippen molar-refractivity contribution in [3.63, 3.8) is 0 Å². The molecule has 2 aliphatic rings. The van der Waals surface area contributed by atoms with Crippen LogP contribution in [0.4, 0.5) is 11.6 Å². The van der Waals surface area contributed by atoms with Gasteiger partial charge in [-0.3, -0.25) is 0 Å². The highest BCUT2D eigenvalue weighted by Crippen LogP contribution is 2.25. The summed E-state index contributed by atoms with van der Waals surface area (Å²) in [5.74, 6) is 1.75. The topological polar surface area (TPSA) is 70.5 Å². The zero-order valence-electron chi connectivity index (χ0n) is 13.2. The van der Waals surface area contributed by atoms with E-state index in [9.17, 15) is 5.11 Å². The highest BCUT2D eigenvalue weighted by atomic mass is 16.5. The molecule has 6 heteroatoms. The lowest BCUT2D eigenvalue weighted by Gasteiger charge is -2.24. The van der Waals surface area contributed by atoms with Crippen molar-refractivity contribution in [2.45, 2.75) is 57.2 Å². The number of hydrogen-bond acceptors (Lipinski definition) is 6. The first-order valence-electron chi connectivity index (χ1n) is 8.34. The predicted octanol–water partition coefficient (Wildman–Crippen LogP) is 1.81. The minimum atomic E-state index is 0.183. The van der Waals surface area contributed by atoms with Crippen LogP contribution in [0.3, 0.4) is 0 Å². The van der Waals surface area contributed by atoms with Crippen molar-refractivity contribution in [1.29, 1.82) is 0 Å². The third-order valence-corrected chi connectivity index (χ3v) is 4.57. The van der Waals surface area contributed by atoms with Crippen LogP contribution < -0.4 is 10.2 Å². The summed E-state index contributed by atoms with van der Waals surface area (Å²) in [6.45, 7) is 4.19. The van der Waals surface area contributed by atoms with Crippen LogP contribution in [0.25, 0.3) is 0 Å². The van der Waals surface area contributed by atoms with Crippen LogP contribution in [0, 0.1) is 0 Å². The van der Waals surface area contributed by atoms with Gasteiger partial charge in [0.05, 0.1) is 18.8 Å². The minimum Gasteiger partial charge on any atom is -0.394 e. The smallest absolute Gasteiger partial charge is 0.134 e. The first-order valence-corrected chi connectivity index (χ1v) is 8.34. The number of aromatic nitrogens is 2. The lowest BCUT2D eigenvalue weighted by molar-refractivity contribution is 0.101. The molecule has 22 heavy (non-hydrogen) atoms. The molecule has 0 radical (unpaired) electrons. The van der Waals surface area contributed by atoms with Crippen LogP contribution in [0.1, 0.15) is 39.0 Å². The second-order valence-corrected chi connectivity index (χ2v) is 6.35. The number of anilines is 2. The maximum atomic E-state index is 9.46. The SMILES string of the molecule is C[C@H](C[C@H]1CCCO1)Nc1cc(N2CCC[C@@H]2CO)ncn1. The van der Waals surface area contributed by atoms with Crippen molar-refractivity contribution in [3.05, 3.63) is 12.4 Å². The van der Waals surface area contributed by atoms with Crippen molar-refractivity contribution < 1.29 is 9.84 Å². The fourth-order valence-electron chi connectivity index (χ4n) is 3.45. The van der Waals surface area contributed by atoms with Gasteiger partial charge in [0.25, 0.3) is 0 Å². The molecule has 1 aromatic rings. The van der Waals surface area contributed by atoms with Gasteiger partial charge in [-0.2, -0.15) is 0 Å². The highest BCUT2D eigenvalue weighted by molar-refractivity contribution is 5.50. The molecule has 1 aromatic heterocycles. The average molecular weight is 306 g/mol. The number of nitrogens with zero attached hydrogens (tertiary/aromatic N) is 3. The lowest BCUT2D eigenvalue weighted by atomic mass is 10.1. The summed E-state index contributed by atoms with van der Waals surface area (Å²) in [5, 5.41) is 12.9. The second-order valence-electron chi connectivity index (χ2n) is 6.35. The molecule has 2 N–H and O–H groups in total. The zero-order valence-corrected chi connectivity index (χ0v) is 13.2. The Balaban J connectivity index is 1.60. The van der Waals surface area contributed by atoms with Crippen molar-refractivity contribution in [2.75, 3.05) is 30.0 Å². The van der Waals surface area contributed by atoms with Crippen LogP contribution in [0.5, 0.6) is 0 Å². The largest absolute Gasteiger partial charge is 0.394 e. The summed E-state index contributed by atoms with van der Waals surface area (Å²) in [4.78, 5) is 10.9. The monoisotopic (exact) mass is 306 g/mol. The second kappa shape index (κ2) is 7.24. The van der Waals surface area contributed by atoms with E-state index >= 15 is 0 Å². The Labute approximate surface area is 131 Å². The molecular weight excluding hydrogens is 280 g/mol. The van der Waals surface area contributed by atoms with Gasteiger partial charge in [-0.25, -0.2) is 9.97 Å². The molecule has 0 aliphatic carbocycles. The number of aliphatic hydroxyl groups excluding tert-OH is 1. The molecule has 2 aliphatic heterocycles. The van der Waals surface area contributed by atoms with Crippen molar-refractivity contribution in [1.82, 2.24) is 9.97 Å². The number of aliphatic hydroxyl groups is 1. The zero-order chi connectivity index (χ0) is 15.4. The van der Waals surface area contributed by atoms with Crippen LogP contribution in [0.2, 0.25) is 0 Å². The van der Waals surface area contributed by atoms with Crippen molar-refractivity contribution >= 4 is 11.6 Å². The lowest BCUT2D eigenvalue weighted by Crippen LogP contribution is -2.33. The molecule has 0 amide bonds. The predicted molar refractivity (Wildman–Crippen MR) is 86.2 cm³/mol. The Hall–Kier alpha value is -1.40. The Morgan fingerprint density at radius 3 is 3.09 bits per heavy atom. The number of hydrogen-bond donors (Lipinski definition) is 2. The summed E-state index contributed by atoms with van der Waals surface area (Å²) in [6, 6.07) is 2.49. The van der Waals surface area contributed by atoms with E-state index < -0.39 is 0 Å². The van der Waals surface area contributed by atoms with E-state index in [1.807, 2.05) is 6.07 Å². The first kappa shape index (κ1) is 15.5. The van der Waals surface area contributed by atoms with Gasteiger partial charge in [0.1, 0.15) is 18.0 Å². The van der Waals surface area contributed by atoms with E-state index in [-0.39, 0.29) is 12.6 Å². The minimum absolute atomic E-state index is 0.183. The third kappa shape index (κ3) is 3.67. The van der Waals surface area contributed by atoms with Crippen molar-refractivity contribution in [2.24, 2.45) is 0 Å². The molecule has 3 heterocycles. The maximum absolute atomic E-state index is 9.46. The summed E-state index contributed by atoms with van der Waals surface area (Å²) < 4.78 is 5.69. The summed E-state index contributed by atoms with van der Waals surface area (Å²) in [6.07, 6.45) is 7.44. The Kier molecular flexibility index (Phi) is 5.10. The van der Waals surface area contributed by atoms with Crippen molar-refractivity contribution in [3.8, 4) is 0 Å². The number of ether oxygens (including phenoxy) is 1. The molecule has 0 bridgehead atoms. The molecule has 122 valence electrons. The van der Waals surface area contributed by atoms with Gasteiger partial charge < -0.3 is 20.1 Å². The van der Waals surface area contributed by atoms with Gasteiger partial charge in [0.15, 0.2) is 0 Å². The van der Waals surface area contributed by atoms with Crippen LogP contribution in [-0.4, -0.2) is 53.0 Å². The summed E-state index contributed by atoms with van der Waals surface area (Å²) >= 11 is 0. The fourth-order valence-corrected chi connectivity index (χ4v) is 3.45. The molecular formula is C16H26N4O2. The summed E-state index contributed by atoms with van der Waals surface area (Å²) in [5.41, 5.74) is 0. The fraction of sp³-hybridized carbons (Fsp3) is 0.750. The van der Waals surface area contributed by atoms with Gasteiger partial charge in [0.2, 0.25) is 0 Å². The van der Waals surface area contributed by atoms with E-state index in [0.717, 1.165) is 50.5 Å². The van der Waals surface area contributed by atoms with E-state index in [1.54, 1.807) is 6.33 Å². The van der Waals surface area contributed by atoms with E-state index in [4.69, 9.17) is 4.74 Å². The van der Waals surface area contributed by atoms with Gasteiger partial charge in [0, 0.05) is 25.3 Å². The van der Waals surface area contributed by atoms with E-state index in [2.05, 4.69) is 27.1 Å². The number of rotatable bonds is 6. The molecule has 0 aromatic carbocycles. The Morgan fingerprint density at radius 1 is 1.41 bits per heavy atom. The molecule has 2 saturated heterocycles. The molecule has 3 rings (SSSR count). The van der Waals surface area contributed by atoms with Crippen LogP contribution in [-0.2, 0) is 4.74 Å². The van der Waals surface area contributed by atoms with Gasteiger partial charge in [-0.1, -0.05) is 0 Å². The van der Waals surface area contributed by atoms with E-state index in [0.29, 0.717) is 12.1 Å². The molecule has 0 saturated carbocycles. The molecule has 3 atom stereocenters. The summed E-state index contributed by atoms with van der Waals surface area (Å²) in [7, 11) is 0. The first-order chi connectivity index (χ1) is 10.8. The van der Waals surface area contributed by atoms with Gasteiger partial charge in [-0.15, -0.1) is 0 Å². The molecule has 2 fully saturated rings. The third-order valence-electron chi connectivity index (χ3n) is 4.57. The molecule has 6 nitrogen and oxygen atoms in total. The number of nitrogens with one attached hydrogen (secondary N) is 1. The molecule has 0 unspecified atom stereocenters. The van der Waals surface area contributed by atoms with Gasteiger partial charge >= 0.3 is 0 Å². The quantitative estimate of drug-likeness (QED) is 0.835. The van der Waals surface area contributed by atoms with Gasteiger partial charge in [-0.05, 0) is 39.0 Å². The maximum Gasteiger partial charge on any atom is 0.134 e. The Morgan fingerprint density at radius 2 is 2.32 bits per heavy atom. The normalized spacial score (nSPS) is 26.4. The Bertz CT molecular complexity index is 479. The molecule has 0 spiro atoms. The standard InChI is InChI=1S/C16H26N4O2/c1-12(8-14-5-3-7-22-14)19-15-9-16(18-11-17-15)20-6-2-4-13(20)10-21/h9,11-14,21H,2-8,10H2,1H3,(H,17,18,19)/t12-,13-,14-/m1/s1. The van der Waals surface area contributed by atoms with Crippen LogP contribution in [0.15, 0.2) is 12.4 Å². The highest BCUT2D eigenvalue weighted by Gasteiger charge is 2.25. The van der Waals surface area contributed by atoms with E-state index in [1.165, 1.54) is 6.42 Å².